The molecule has 0 bridgehead atoms. The number of nitrogens with two attached hydrogens (primary N) is 1. The maximum atomic E-state index is 11.9. The predicted octanol–water partition coefficient (Wildman–Crippen LogP) is 3.31. The van der Waals surface area contributed by atoms with Crippen LogP contribution in [-0.2, 0) is 4.79 Å². The van der Waals surface area contributed by atoms with Crippen molar-refractivity contribution in [1.29, 1.82) is 0 Å². The van der Waals surface area contributed by atoms with Crippen molar-refractivity contribution in [1.82, 2.24) is 5.32 Å². The summed E-state index contributed by atoms with van der Waals surface area (Å²) in [4.78, 5) is 11.9. The molecule has 1 amide bonds. The smallest absolute Gasteiger partial charge is 0.220 e. The maximum Gasteiger partial charge on any atom is 0.220 e. The van der Waals surface area contributed by atoms with Gasteiger partial charge in [-0.1, -0.05) is 30.7 Å². The second-order valence-corrected chi connectivity index (χ2v) is 5.80. The lowest BCUT2D eigenvalue weighted by Gasteiger charge is -2.19. The van der Waals surface area contributed by atoms with E-state index in [2.05, 4.69) is 12.2 Å². The highest BCUT2D eigenvalue weighted by Crippen LogP contribution is 2.47. The molecule has 0 spiro atoms. The Labute approximate surface area is 131 Å². The zero-order valence-corrected chi connectivity index (χ0v) is 13.2. The molecule has 0 saturated heterocycles. The van der Waals surface area contributed by atoms with Gasteiger partial charge in [0.1, 0.15) is 0 Å². The highest BCUT2D eigenvalue weighted by atomic mass is 35.5. The van der Waals surface area contributed by atoms with Gasteiger partial charge in [0.05, 0.1) is 6.04 Å². The molecular formula is C15H22Cl2N2O. The molecule has 5 heteroatoms. The number of hydrogen-bond acceptors (Lipinski definition) is 2. The molecule has 0 heterocycles. The largest absolute Gasteiger partial charge is 0.349 e. The molecule has 2 rings (SSSR count). The fourth-order valence-corrected chi connectivity index (χ4v) is 2.56. The van der Waals surface area contributed by atoms with Crippen molar-refractivity contribution in [3.05, 3.63) is 34.9 Å². The number of carbonyl (C=O) groups excluding carboxylic acids is 1. The Morgan fingerprint density at radius 1 is 1.45 bits per heavy atom. The first-order valence-corrected chi connectivity index (χ1v) is 7.24. The Hall–Kier alpha value is -0.770. The lowest BCUT2D eigenvalue weighted by Crippen LogP contribution is -2.30. The van der Waals surface area contributed by atoms with Gasteiger partial charge in [-0.05, 0) is 48.9 Å². The molecule has 0 aliphatic heterocycles. The van der Waals surface area contributed by atoms with Crippen LogP contribution in [0.25, 0.3) is 0 Å². The van der Waals surface area contributed by atoms with E-state index >= 15 is 0 Å². The van der Waals surface area contributed by atoms with E-state index in [1.54, 1.807) is 0 Å². The van der Waals surface area contributed by atoms with Gasteiger partial charge in [-0.15, -0.1) is 12.4 Å². The Bertz CT molecular complexity index is 436. The minimum absolute atomic E-state index is 0. The maximum absolute atomic E-state index is 11.9. The van der Waals surface area contributed by atoms with Gasteiger partial charge in [0.15, 0.2) is 0 Å². The van der Waals surface area contributed by atoms with Gasteiger partial charge >= 0.3 is 0 Å². The first-order chi connectivity index (χ1) is 9.11. The number of halogens is 2. The molecule has 0 aromatic heterocycles. The number of benzene rings is 1. The fraction of sp³-hybridized carbons (Fsp3) is 0.533. The van der Waals surface area contributed by atoms with Crippen molar-refractivity contribution in [3.63, 3.8) is 0 Å². The number of carbonyl (C=O) groups is 1. The van der Waals surface area contributed by atoms with Crippen LogP contribution in [0.3, 0.4) is 0 Å². The Morgan fingerprint density at radius 3 is 2.55 bits per heavy atom. The van der Waals surface area contributed by atoms with Gasteiger partial charge < -0.3 is 11.1 Å². The van der Waals surface area contributed by atoms with Crippen molar-refractivity contribution in [2.45, 2.75) is 32.2 Å². The number of nitrogens with one attached hydrogen (secondary N) is 1. The summed E-state index contributed by atoms with van der Waals surface area (Å²) in [5.74, 6) is 1.31. The van der Waals surface area contributed by atoms with Gasteiger partial charge in [0.2, 0.25) is 5.91 Å². The van der Waals surface area contributed by atoms with Crippen molar-refractivity contribution in [2.75, 3.05) is 6.54 Å². The zero-order chi connectivity index (χ0) is 13.8. The van der Waals surface area contributed by atoms with E-state index in [1.165, 1.54) is 6.42 Å². The summed E-state index contributed by atoms with van der Waals surface area (Å²) in [7, 11) is 0. The molecule has 0 radical (unpaired) electrons. The summed E-state index contributed by atoms with van der Waals surface area (Å²) < 4.78 is 0. The second kappa shape index (κ2) is 7.87. The summed E-state index contributed by atoms with van der Waals surface area (Å²) in [5.41, 5.74) is 6.57. The van der Waals surface area contributed by atoms with Crippen LogP contribution in [0.1, 0.15) is 37.8 Å². The van der Waals surface area contributed by atoms with Crippen LogP contribution in [0.4, 0.5) is 0 Å². The van der Waals surface area contributed by atoms with Gasteiger partial charge in [-0.25, -0.2) is 0 Å². The van der Waals surface area contributed by atoms with Crippen LogP contribution in [0.2, 0.25) is 5.02 Å². The zero-order valence-electron chi connectivity index (χ0n) is 11.6. The van der Waals surface area contributed by atoms with E-state index in [1.807, 2.05) is 24.3 Å². The summed E-state index contributed by atoms with van der Waals surface area (Å²) >= 11 is 5.91. The van der Waals surface area contributed by atoms with Gasteiger partial charge in [-0.3, -0.25) is 4.79 Å². The molecule has 1 fully saturated rings. The molecule has 3 nitrogen and oxygen atoms in total. The van der Waals surface area contributed by atoms with Crippen molar-refractivity contribution in [3.8, 4) is 0 Å². The molecular weight excluding hydrogens is 295 g/mol. The molecule has 1 aromatic rings. The molecule has 3 unspecified atom stereocenters. The van der Waals surface area contributed by atoms with E-state index in [0.717, 1.165) is 17.0 Å². The SMILES string of the molecule is CC1CC1C(NC(=O)CCCN)c1ccc(Cl)cc1.Cl. The molecule has 20 heavy (non-hydrogen) atoms. The molecule has 1 aliphatic rings. The Morgan fingerprint density at radius 2 is 2.05 bits per heavy atom. The number of hydrogen-bond donors (Lipinski definition) is 2. The van der Waals surface area contributed by atoms with Crippen LogP contribution in [0.5, 0.6) is 0 Å². The van der Waals surface area contributed by atoms with Crippen LogP contribution in [0, 0.1) is 11.8 Å². The summed E-state index contributed by atoms with van der Waals surface area (Å²) in [6, 6.07) is 7.87. The van der Waals surface area contributed by atoms with Crippen LogP contribution < -0.4 is 11.1 Å². The third kappa shape index (κ3) is 4.65. The molecule has 1 saturated carbocycles. The van der Waals surface area contributed by atoms with E-state index in [9.17, 15) is 4.79 Å². The van der Waals surface area contributed by atoms with Crippen molar-refractivity contribution < 1.29 is 4.79 Å². The average Bonchev–Trinajstić information content (AvgIpc) is 3.11. The van der Waals surface area contributed by atoms with E-state index in [-0.39, 0.29) is 24.4 Å². The summed E-state index contributed by atoms with van der Waals surface area (Å²) in [6.07, 6.45) is 2.41. The quantitative estimate of drug-likeness (QED) is 0.846. The first kappa shape index (κ1) is 17.3. The van der Waals surface area contributed by atoms with Crippen LogP contribution >= 0.6 is 24.0 Å². The van der Waals surface area contributed by atoms with E-state index < -0.39 is 0 Å². The van der Waals surface area contributed by atoms with Gasteiger partial charge in [0, 0.05) is 11.4 Å². The number of amides is 1. The van der Waals surface area contributed by atoms with E-state index in [0.29, 0.717) is 24.8 Å². The van der Waals surface area contributed by atoms with Gasteiger partial charge in [-0.2, -0.15) is 0 Å². The molecule has 112 valence electrons. The third-order valence-electron chi connectivity index (χ3n) is 3.75. The Balaban J connectivity index is 0.00000200. The molecule has 3 atom stereocenters. The lowest BCUT2D eigenvalue weighted by molar-refractivity contribution is -0.122. The minimum Gasteiger partial charge on any atom is -0.349 e. The van der Waals surface area contributed by atoms with E-state index in [4.69, 9.17) is 17.3 Å². The third-order valence-corrected chi connectivity index (χ3v) is 4.01. The Kier molecular flexibility index (Phi) is 6.80. The summed E-state index contributed by atoms with van der Waals surface area (Å²) in [5, 5.41) is 3.87. The molecule has 1 aromatic carbocycles. The highest BCUT2D eigenvalue weighted by molar-refractivity contribution is 6.30. The van der Waals surface area contributed by atoms with Crippen molar-refractivity contribution in [2.24, 2.45) is 17.6 Å². The van der Waals surface area contributed by atoms with Crippen LogP contribution in [-0.4, -0.2) is 12.5 Å². The van der Waals surface area contributed by atoms with Crippen LogP contribution in [0.15, 0.2) is 24.3 Å². The first-order valence-electron chi connectivity index (χ1n) is 6.86. The second-order valence-electron chi connectivity index (χ2n) is 5.37. The minimum atomic E-state index is 0. The number of rotatable bonds is 6. The standard InChI is InChI=1S/C15H21ClN2O.ClH/c1-10-9-13(10)15(18-14(19)3-2-8-17)11-4-6-12(16)7-5-11;/h4-7,10,13,15H,2-3,8-9,17H2,1H3,(H,18,19);1H. The average molecular weight is 317 g/mol. The predicted molar refractivity (Wildman–Crippen MR) is 85.1 cm³/mol. The fourth-order valence-electron chi connectivity index (χ4n) is 2.43. The topological polar surface area (TPSA) is 55.1 Å². The summed E-state index contributed by atoms with van der Waals surface area (Å²) in [6.45, 7) is 2.78. The monoisotopic (exact) mass is 316 g/mol. The molecule has 3 N–H and O–H groups in total. The van der Waals surface area contributed by atoms with Crippen molar-refractivity contribution >= 4 is 29.9 Å². The lowest BCUT2D eigenvalue weighted by atomic mass is 10.0. The highest BCUT2D eigenvalue weighted by Gasteiger charge is 2.40. The van der Waals surface area contributed by atoms with Gasteiger partial charge in [0.25, 0.3) is 0 Å². The molecule has 1 aliphatic carbocycles. The normalized spacial score (nSPS) is 21.8.